The predicted molar refractivity (Wildman–Crippen MR) is 108 cm³/mol. The number of hydrogen-bond donors (Lipinski definition) is 1. The highest BCUT2D eigenvalue weighted by Crippen LogP contribution is 2.34. The molecule has 0 aromatic heterocycles. The van der Waals surface area contributed by atoms with Crippen molar-refractivity contribution < 1.29 is 33.4 Å². The molecule has 31 heavy (non-hydrogen) atoms. The number of likely N-dealkylation sites (tertiary alicyclic amines) is 1. The summed E-state index contributed by atoms with van der Waals surface area (Å²) >= 11 is 0. The molecule has 1 N–H and O–H groups in total. The van der Waals surface area contributed by atoms with Crippen LogP contribution in [-0.2, 0) is 14.4 Å². The zero-order valence-corrected chi connectivity index (χ0v) is 16.4. The van der Waals surface area contributed by atoms with Crippen molar-refractivity contribution in [2.24, 2.45) is 5.92 Å². The lowest BCUT2D eigenvalue weighted by molar-refractivity contribution is -0.137. The van der Waals surface area contributed by atoms with Crippen molar-refractivity contribution in [1.82, 2.24) is 4.90 Å². The number of benzene rings is 2. The zero-order valence-electron chi connectivity index (χ0n) is 16.4. The first-order valence-electron chi connectivity index (χ1n) is 9.61. The summed E-state index contributed by atoms with van der Waals surface area (Å²) in [5, 5.41) is 8.71. The van der Waals surface area contributed by atoms with E-state index in [2.05, 4.69) is 0 Å². The van der Waals surface area contributed by atoms with Crippen LogP contribution in [0.2, 0.25) is 0 Å². The van der Waals surface area contributed by atoms with Gasteiger partial charge in [0, 0.05) is 19.2 Å². The minimum Gasteiger partial charge on any atom is -0.478 e. The number of piperidine rings is 1. The molecule has 0 spiro atoms. The van der Waals surface area contributed by atoms with Gasteiger partial charge in [0.25, 0.3) is 0 Å². The maximum absolute atomic E-state index is 13.3. The van der Waals surface area contributed by atoms with Gasteiger partial charge in [0.15, 0.2) is 0 Å². The van der Waals surface area contributed by atoms with E-state index < -0.39 is 41.3 Å². The minimum atomic E-state index is -1.35. The Balaban J connectivity index is 1.82. The van der Waals surface area contributed by atoms with Crippen molar-refractivity contribution in [3.05, 3.63) is 78.1 Å². The van der Waals surface area contributed by atoms with E-state index >= 15 is 0 Å². The standard InChI is InChI=1S/C23H20FNO6/c24-16-8-6-15(7-9-16)18-12-13-25(23(30)31-17-4-2-1-3-5-17)14-19(18)22(29)20(26)10-11-21(27)28/h1-11,18-19H,12-14H2,(H,27,28)/t18-,19+/m1/s1. The number of halogens is 1. The molecule has 2 aromatic carbocycles. The third kappa shape index (κ3) is 5.63. The van der Waals surface area contributed by atoms with Crippen molar-refractivity contribution in [2.75, 3.05) is 13.1 Å². The third-order valence-electron chi connectivity index (χ3n) is 5.07. The van der Waals surface area contributed by atoms with Gasteiger partial charge in [-0.05, 0) is 48.2 Å². The average molecular weight is 425 g/mol. The number of aliphatic carboxylic acids is 1. The molecule has 1 aliphatic rings. The first kappa shape index (κ1) is 21.9. The molecule has 2 atom stereocenters. The van der Waals surface area contributed by atoms with Crippen LogP contribution in [0.25, 0.3) is 0 Å². The molecular formula is C23H20FNO6. The van der Waals surface area contributed by atoms with Gasteiger partial charge in [-0.15, -0.1) is 0 Å². The van der Waals surface area contributed by atoms with Crippen molar-refractivity contribution in [3.8, 4) is 5.75 Å². The van der Waals surface area contributed by atoms with Crippen molar-refractivity contribution in [2.45, 2.75) is 12.3 Å². The van der Waals surface area contributed by atoms with Crippen LogP contribution in [0.3, 0.4) is 0 Å². The van der Waals surface area contributed by atoms with Crippen LogP contribution in [0.1, 0.15) is 17.9 Å². The van der Waals surface area contributed by atoms with E-state index in [1.54, 1.807) is 30.3 Å². The molecule has 0 unspecified atom stereocenters. The second kappa shape index (κ2) is 9.80. The number of carbonyl (C=O) groups excluding carboxylic acids is 3. The molecule has 0 saturated carbocycles. The smallest absolute Gasteiger partial charge is 0.415 e. The maximum Gasteiger partial charge on any atom is 0.415 e. The van der Waals surface area contributed by atoms with E-state index in [1.807, 2.05) is 0 Å². The number of amides is 1. The highest BCUT2D eigenvalue weighted by atomic mass is 19.1. The Morgan fingerprint density at radius 3 is 2.32 bits per heavy atom. The Morgan fingerprint density at radius 2 is 1.68 bits per heavy atom. The Morgan fingerprint density at radius 1 is 1.00 bits per heavy atom. The maximum atomic E-state index is 13.3. The molecule has 1 fully saturated rings. The minimum absolute atomic E-state index is 0.0841. The summed E-state index contributed by atoms with van der Waals surface area (Å²) < 4.78 is 18.7. The molecule has 8 heteroatoms. The van der Waals surface area contributed by atoms with Gasteiger partial charge in [0.1, 0.15) is 11.6 Å². The van der Waals surface area contributed by atoms with Crippen molar-refractivity contribution in [3.63, 3.8) is 0 Å². The Hall–Kier alpha value is -3.81. The molecule has 2 aromatic rings. The largest absolute Gasteiger partial charge is 0.478 e. The van der Waals surface area contributed by atoms with Gasteiger partial charge in [0.2, 0.25) is 11.6 Å². The quantitative estimate of drug-likeness (QED) is 0.563. The molecule has 0 bridgehead atoms. The van der Waals surface area contributed by atoms with Gasteiger partial charge in [-0.25, -0.2) is 14.0 Å². The number of hydrogen-bond acceptors (Lipinski definition) is 5. The number of ether oxygens (including phenoxy) is 1. The number of ketones is 2. The summed E-state index contributed by atoms with van der Waals surface area (Å²) in [6.45, 7) is 0.190. The van der Waals surface area contributed by atoms with E-state index in [0.29, 0.717) is 29.9 Å². The van der Waals surface area contributed by atoms with Crippen LogP contribution in [0.5, 0.6) is 5.75 Å². The van der Waals surface area contributed by atoms with Gasteiger partial charge >= 0.3 is 12.1 Å². The topological polar surface area (TPSA) is 101 Å². The van der Waals surface area contributed by atoms with Gasteiger partial charge in [-0.1, -0.05) is 30.3 Å². The monoisotopic (exact) mass is 425 g/mol. The molecular weight excluding hydrogens is 405 g/mol. The normalized spacial score (nSPS) is 18.5. The van der Waals surface area contributed by atoms with E-state index in [0.717, 1.165) is 0 Å². The lowest BCUT2D eigenvalue weighted by atomic mass is 9.77. The summed E-state index contributed by atoms with van der Waals surface area (Å²) in [6.07, 6.45) is 0.988. The number of carboxylic acid groups (broad SMARTS) is 1. The second-order valence-electron chi connectivity index (χ2n) is 7.08. The number of carbonyl (C=O) groups is 4. The van der Waals surface area contributed by atoms with Gasteiger partial charge in [0.05, 0.1) is 5.92 Å². The first-order valence-corrected chi connectivity index (χ1v) is 9.61. The first-order chi connectivity index (χ1) is 14.8. The summed E-state index contributed by atoms with van der Waals surface area (Å²) in [7, 11) is 0. The lowest BCUT2D eigenvalue weighted by Crippen LogP contribution is -2.48. The summed E-state index contributed by atoms with van der Waals surface area (Å²) in [5.74, 6) is -4.59. The number of para-hydroxylation sites is 1. The van der Waals surface area contributed by atoms with E-state index in [4.69, 9.17) is 9.84 Å². The molecule has 1 saturated heterocycles. The van der Waals surface area contributed by atoms with Crippen LogP contribution in [0, 0.1) is 11.7 Å². The van der Waals surface area contributed by atoms with Gasteiger partial charge in [-0.2, -0.15) is 0 Å². The van der Waals surface area contributed by atoms with Crippen LogP contribution < -0.4 is 4.74 Å². The van der Waals surface area contributed by atoms with Gasteiger partial charge in [-0.3, -0.25) is 9.59 Å². The second-order valence-corrected chi connectivity index (χ2v) is 7.08. The Kier molecular flexibility index (Phi) is 6.92. The van der Waals surface area contributed by atoms with Crippen molar-refractivity contribution in [1.29, 1.82) is 0 Å². The van der Waals surface area contributed by atoms with Crippen LogP contribution in [0.15, 0.2) is 66.7 Å². The molecule has 0 aliphatic carbocycles. The average Bonchev–Trinajstić information content (AvgIpc) is 2.77. The fraction of sp³-hybridized carbons (Fsp3) is 0.217. The molecule has 1 heterocycles. The highest BCUT2D eigenvalue weighted by Gasteiger charge is 2.39. The number of allylic oxidation sites excluding steroid dienone is 1. The predicted octanol–water partition coefficient (Wildman–Crippen LogP) is 3.21. The van der Waals surface area contributed by atoms with E-state index in [1.165, 1.54) is 29.2 Å². The van der Waals surface area contributed by atoms with Crippen molar-refractivity contribution >= 4 is 23.6 Å². The highest BCUT2D eigenvalue weighted by molar-refractivity contribution is 6.42. The molecule has 3 rings (SSSR count). The van der Waals surface area contributed by atoms with E-state index in [-0.39, 0.29) is 13.1 Å². The number of rotatable bonds is 6. The summed E-state index contributed by atoms with van der Waals surface area (Å²) in [6, 6.07) is 14.0. The van der Waals surface area contributed by atoms with Crippen LogP contribution in [-0.4, -0.2) is 46.7 Å². The molecule has 0 radical (unpaired) electrons. The zero-order chi connectivity index (χ0) is 22.4. The molecule has 7 nitrogen and oxygen atoms in total. The molecule has 1 aliphatic heterocycles. The fourth-order valence-electron chi connectivity index (χ4n) is 3.56. The van der Waals surface area contributed by atoms with Crippen LogP contribution in [0.4, 0.5) is 9.18 Å². The molecule has 160 valence electrons. The van der Waals surface area contributed by atoms with E-state index in [9.17, 15) is 23.6 Å². The SMILES string of the molecule is O=C(O)C=CC(=O)C(=O)[C@H]1CN(C(=O)Oc2ccccc2)CC[C@@H]1c1ccc(F)cc1. The summed E-state index contributed by atoms with van der Waals surface area (Å²) in [5.41, 5.74) is 0.658. The molecule has 1 amide bonds. The number of carboxylic acids is 1. The number of Topliss-reactive ketones (excluding diaryl/α,β-unsaturated/α-hetero) is 1. The Labute approximate surface area is 177 Å². The summed E-state index contributed by atoms with van der Waals surface area (Å²) in [4.78, 5) is 49.7. The van der Waals surface area contributed by atoms with Crippen LogP contribution >= 0.6 is 0 Å². The number of nitrogens with zero attached hydrogens (tertiary/aromatic N) is 1. The Bertz CT molecular complexity index is 1000. The fourth-order valence-corrected chi connectivity index (χ4v) is 3.56. The third-order valence-corrected chi connectivity index (χ3v) is 5.07. The lowest BCUT2D eigenvalue weighted by Gasteiger charge is -2.37. The van der Waals surface area contributed by atoms with Gasteiger partial charge < -0.3 is 14.7 Å².